The summed E-state index contributed by atoms with van der Waals surface area (Å²) in [6.07, 6.45) is 5.33. The molecule has 0 radical (unpaired) electrons. The number of rotatable bonds is 3. The molecular formula is C13H20N4O. The quantitative estimate of drug-likeness (QED) is 0.877. The lowest BCUT2D eigenvalue weighted by atomic mass is 9.93. The van der Waals surface area contributed by atoms with Gasteiger partial charge < -0.3 is 4.90 Å². The molecule has 1 amide bonds. The van der Waals surface area contributed by atoms with Crippen LogP contribution in [0.25, 0.3) is 0 Å². The van der Waals surface area contributed by atoms with E-state index in [1.54, 1.807) is 0 Å². The molecule has 1 saturated heterocycles. The molecule has 2 heterocycles. The highest BCUT2D eigenvalue weighted by Crippen LogP contribution is 2.32. The second-order valence-electron chi connectivity index (χ2n) is 5.58. The Morgan fingerprint density at radius 2 is 2.06 bits per heavy atom. The van der Waals surface area contributed by atoms with Gasteiger partial charge in [-0.1, -0.05) is 0 Å². The van der Waals surface area contributed by atoms with E-state index in [2.05, 4.69) is 20.1 Å². The number of aromatic nitrogens is 3. The van der Waals surface area contributed by atoms with E-state index in [9.17, 15) is 4.79 Å². The first-order valence-corrected chi connectivity index (χ1v) is 6.89. The molecule has 2 aliphatic rings. The number of hydrogen-bond acceptors (Lipinski definition) is 3. The number of piperidine rings is 1. The molecule has 1 aliphatic carbocycles. The van der Waals surface area contributed by atoms with E-state index in [1.165, 1.54) is 0 Å². The molecule has 1 saturated carbocycles. The van der Waals surface area contributed by atoms with Gasteiger partial charge in [-0.15, -0.1) is 0 Å². The number of aryl methyl sites for hydroxylation is 1. The summed E-state index contributed by atoms with van der Waals surface area (Å²) in [4.78, 5) is 18.3. The second kappa shape index (κ2) is 4.71. The summed E-state index contributed by atoms with van der Waals surface area (Å²) in [7, 11) is 0. The van der Waals surface area contributed by atoms with Crippen molar-refractivity contribution < 1.29 is 4.79 Å². The van der Waals surface area contributed by atoms with E-state index in [0.29, 0.717) is 17.7 Å². The molecule has 0 unspecified atom stereocenters. The Morgan fingerprint density at radius 3 is 2.61 bits per heavy atom. The summed E-state index contributed by atoms with van der Waals surface area (Å²) in [5.74, 6) is 3.17. The van der Waals surface area contributed by atoms with Crippen molar-refractivity contribution in [1.29, 1.82) is 0 Å². The average molecular weight is 248 g/mol. The summed E-state index contributed by atoms with van der Waals surface area (Å²) in [6.45, 7) is 3.76. The largest absolute Gasteiger partial charge is 0.342 e. The number of nitrogens with zero attached hydrogens (tertiary/aromatic N) is 3. The minimum absolute atomic E-state index is 0.359. The van der Waals surface area contributed by atoms with Crippen molar-refractivity contribution in [3.05, 3.63) is 11.6 Å². The van der Waals surface area contributed by atoms with Crippen molar-refractivity contribution in [1.82, 2.24) is 20.1 Å². The molecule has 0 bridgehead atoms. The topological polar surface area (TPSA) is 61.9 Å². The van der Waals surface area contributed by atoms with Gasteiger partial charge in [-0.3, -0.25) is 9.89 Å². The maximum absolute atomic E-state index is 11.9. The van der Waals surface area contributed by atoms with Crippen LogP contribution in [0.5, 0.6) is 0 Å². The van der Waals surface area contributed by atoms with Crippen LogP contribution in [0.4, 0.5) is 0 Å². The van der Waals surface area contributed by atoms with E-state index in [4.69, 9.17) is 0 Å². The fraction of sp³-hybridized carbons (Fsp3) is 0.769. The van der Waals surface area contributed by atoms with Gasteiger partial charge in [0.15, 0.2) is 5.82 Å². The summed E-state index contributed by atoms with van der Waals surface area (Å²) in [5, 5.41) is 7.07. The van der Waals surface area contributed by atoms with Gasteiger partial charge in [0, 0.05) is 25.4 Å². The van der Waals surface area contributed by atoms with Crippen molar-refractivity contribution in [2.24, 2.45) is 11.8 Å². The Bertz CT molecular complexity index is 430. The first-order chi connectivity index (χ1) is 8.72. The van der Waals surface area contributed by atoms with E-state index in [0.717, 1.165) is 56.8 Å². The third kappa shape index (κ3) is 2.54. The van der Waals surface area contributed by atoms with Crippen LogP contribution in [-0.4, -0.2) is 39.1 Å². The normalized spacial score (nSPS) is 21.3. The standard InChI is InChI=1S/C13H20N4O/c1-9-14-12(16-15-9)8-10-4-6-17(7-5-10)13(18)11-2-3-11/h10-11H,2-8H2,1H3,(H,14,15,16). The number of hydrogen-bond donors (Lipinski definition) is 1. The van der Waals surface area contributed by atoms with E-state index < -0.39 is 0 Å². The maximum Gasteiger partial charge on any atom is 0.225 e. The lowest BCUT2D eigenvalue weighted by Crippen LogP contribution is -2.39. The molecule has 1 N–H and O–H groups in total. The minimum atomic E-state index is 0.359. The van der Waals surface area contributed by atoms with Gasteiger partial charge in [-0.25, -0.2) is 4.98 Å². The van der Waals surface area contributed by atoms with Gasteiger partial charge in [0.05, 0.1) is 0 Å². The highest BCUT2D eigenvalue weighted by atomic mass is 16.2. The zero-order valence-electron chi connectivity index (χ0n) is 10.9. The predicted molar refractivity (Wildman–Crippen MR) is 66.9 cm³/mol. The molecule has 3 rings (SSSR count). The highest BCUT2D eigenvalue weighted by molar-refractivity contribution is 5.81. The van der Waals surface area contributed by atoms with Crippen LogP contribution >= 0.6 is 0 Å². The van der Waals surface area contributed by atoms with E-state index in [1.807, 2.05) is 6.92 Å². The molecule has 98 valence electrons. The first kappa shape index (κ1) is 11.7. The molecule has 18 heavy (non-hydrogen) atoms. The fourth-order valence-corrected chi connectivity index (χ4v) is 2.68. The third-order valence-corrected chi connectivity index (χ3v) is 3.97. The summed E-state index contributed by atoms with van der Waals surface area (Å²) < 4.78 is 0. The molecule has 1 aromatic rings. The van der Waals surface area contributed by atoms with Crippen molar-refractivity contribution in [3.63, 3.8) is 0 Å². The Balaban J connectivity index is 1.49. The summed E-state index contributed by atoms with van der Waals surface area (Å²) >= 11 is 0. The van der Waals surface area contributed by atoms with Crippen LogP contribution in [0.1, 0.15) is 37.3 Å². The Morgan fingerprint density at radius 1 is 1.33 bits per heavy atom. The lowest BCUT2D eigenvalue weighted by molar-refractivity contribution is -0.133. The van der Waals surface area contributed by atoms with Crippen molar-refractivity contribution in [2.45, 2.75) is 39.0 Å². The van der Waals surface area contributed by atoms with Gasteiger partial charge in [-0.05, 0) is 38.5 Å². The van der Waals surface area contributed by atoms with E-state index >= 15 is 0 Å². The van der Waals surface area contributed by atoms with Crippen molar-refractivity contribution in [2.75, 3.05) is 13.1 Å². The van der Waals surface area contributed by atoms with Crippen molar-refractivity contribution >= 4 is 5.91 Å². The molecule has 1 aromatic heterocycles. The predicted octanol–water partition coefficient (Wildman–Crippen LogP) is 1.30. The molecule has 1 aliphatic heterocycles. The maximum atomic E-state index is 11.9. The smallest absolute Gasteiger partial charge is 0.225 e. The molecule has 0 atom stereocenters. The van der Waals surface area contributed by atoms with Gasteiger partial charge in [-0.2, -0.15) is 5.10 Å². The van der Waals surface area contributed by atoms with Gasteiger partial charge in [0.2, 0.25) is 5.91 Å². The SMILES string of the molecule is Cc1nc(CC2CCN(C(=O)C3CC3)CC2)n[nH]1. The summed E-state index contributed by atoms with van der Waals surface area (Å²) in [6, 6.07) is 0. The Labute approximate surface area is 107 Å². The van der Waals surface area contributed by atoms with Crippen LogP contribution in [0.15, 0.2) is 0 Å². The third-order valence-electron chi connectivity index (χ3n) is 3.97. The van der Waals surface area contributed by atoms with Gasteiger partial charge >= 0.3 is 0 Å². The highest BCUT2D eigenvalue weighted by Gasteiger charge is 2.34. The van der Waals surface area contributed by atoms with Gasteiger partial charge in [0.1, 0.15) is 5.82 Å². The second-order valence-corrected chi connectivity index (χ2v) is 5.58. The number of likely N-dealkylation sites (tertiary alicyclic amines) is 1. The first-order valence-electron chi connectivity index (χ1n) is 6.89. The number of aromatic amines is 1. The fourth-order valence-electron chi connectivity index (χ4n) is 2.68. The molecule has 5 nitrogen and oxygen atoms in total. The van der Waals surface area contributed by atoms with Gasteiger partial charge in [0.25, 0.3) is 0 Å². The van der Waals surface area contributed by atoms with Crippen LogP contribution < -0.4 is 0 Å². The zero-order valence-corrected chi connectivity index (χ0v) is 10.9. The lowest BCUT2D eigenvalue weighted by Gasteiger charge is -2.31. The van der Waals surface area contributed by atoms with E-state index in [-0.39, 0.29) is 0 Å². The molecule has 0 spiro atoms. The monoisotopic (exact) mass is 248 g/mol. The molecular weight excluding hydrogens is 228 g/mol. The van der Waals surface area contributed by atoms with Crippen LogP contribution in [0, 0.1) is 18.8 Å². The number of nitrogens with one attached hydrogen (secondary N) is 1. The van der Waals surface area contributed by atoms with Crippen LogP contribution in [0.2, 0.25) is 0 Å². The average Bonchev–Trinajstić information content (AvgIpc) is 3.14. The zero-order chi connectivity index (χ0) is 12.5. The number of amides is 1. The van der Waals surface area contributed by atoms with Crippen LogP contribution in [-0.2, 0) is 11.2 Å². The molecule has 0 aromatic carbocycles. The molecule has 5 heteroatoms. The number of H-pyrrole nitrogens is 1. The number of carbonyl (C=O) groups excluding carboxylic acids is 1. The minimum Gasteiger partial charge on any atom is -0.342 e. The Kier molecular flexibility index (Phi) is 3.06. The van der Waals surface area contributed by atoms with Crippen molar-refractivity contribution in [3.8, 4) is 0 Å². The number of carbonyl (C=O) groups is 1. The van der Waals surface area contributed by atoms with Crippen LogP contribution in [0.3, 0.4) is 0 Å². The Hall–Kier alpha value is -1.39. The molecule has 2 fully saturated rings. The summed E-state index contributed by atoms with van der Waals surface area (Å²) in [5.41, 5.74) is 0.